The third-order valence-corrected chi connectivity index (χ3v) is 2.30. The molecule has 0 atom stereocenters. The molecule has 17 heavy (non-hydrogen) atoms. The zero-order valence-electron chi connectivity index (χ0n) is 10.1. The van der Waals surface area contributed by atoms with Crippen LogP contribution in [0.1, 0.15) is 13.3 Å². The van der Waals surface area contributed by atoms with Crippen molar-refractivity contribution < 1.29 is 9.53 Å². The number of carbonyl (C=O) groups excluding carboxylic acids is 1. The zero-order valence-corrected chi connectivity index (χ0v) is 12.5. The number of aliphatic imine (C=N–C) groups is 1. The number of hydrogen-bond donors (Lipinski definition) is 2. The average Bonchev–Trinajstić information content (AvgIpc) is 2.34. The van der Waals surface area contributed by atoms with Crippen LogP contribution in [-0.4, -0.2) is 56.2 Å². The van der Waals surface area contributed by atoms with Gasteiger partial charge in [-0.05, 0) is 6.42 Å². The molecule has 1 aliphatic rings. The average molecular weight is 356 g/mol. The largest absolute Gasteiger partial charge is 0.378 e. The van der Waals surface area contributed by atoms with E-state index in [1.54, 1.807) is 4.90 Å². The number of rotatable bonds is 4. The molecule has 1 aliphatic heterocycles. The van der Waals surface area contributed by atoms with Gasteiger partial charge in [0.2, 0.25) is 5.91 Å². The van der Waals surface area contributed by atoms with Crippen molar-refractivity contribution in [3.8, 4) is 0 Å². The standard InChI is InChI=1S/C10H20N4O2.HI/c1-2-3-12-10(11)13-8-9(15)14-4-6-16-7-5-14;/h2-8H2,1H3,(H3,11,12,13);1H. The van der Waals surface area contributed by atoms with Gasteiger partial charge in [-0.1, -0.05) is 6.92 Å². The Morgan fingerprint density at radius 1 is 1.47 bits per heavy atom. The summed E-state index contributed by atoms with van der Waals surface area (Å²) in [7, 11) is 0. The number of guanidine groups is 1. The molecule has 3 N–H and O–H groups in total. The van der Waals surface area contributed by atoms with Crippen LogP contribution < -0.4 is 11.1 Å². The lowest BCUT2D eigenvalue weighted by Gasteiger charge is -2.26. The van der Waals surface area contributed by atoms with E-state index in [0.717, 1.165) is 13.0 Å². The van der Waals surface area contributed by atoms with Crippen LogP contribution in [0, 0.1) is 0 Å². The van der Waals surface area contributed by atoms with E-state index < -0.39 is 0 Å². The van der Waals surface area contributed by atoms with Crippen LogP contribution in [-0.2, 0) is 9.53 Å². The minimum absolute atomic E-state index is 0. The summed E-state index contributed by atoms with van der Waals surface area (Å²) >= 11 is 0. The molecule has 0 aliphatic carbocycles. The van der Waals surface area contributed by atoms with Crippen molar-refractivity contribution in [3.63, 3.8) is 0 Å². The summed E-state index contributed by atoms with van der Waals surface area (Å²) in [5, 5.41) is 2.92. The van der Waals surface area contributed by atoms with Crippen LogP contribution in [0.15, 0.2) is 4.99 Å². The summed E-state index contributed by atoms with van der Waals surface area (Å²) in [6.45, 7) is 5.45. The van der Waals surface area contributed by atoms with Crippen LogP contribution in [0.2, 0.25) is 0 Å². The van der Waals surface area contributed by atoms with Gasteiger partial charge in [0, 0.05) is 19.6 Å². The second kappa shape index (κ2) is 9.46. The molecular formula is C10H21IN4O2. The van der Waals surface area contributed by atoms with Gasteiger partial charge in [0.15, 0.2) is 5.96 Å². The van der Waals surface area contributed by atoms with Gasteiger partial charge in [0.1, 0.15) is 6.54 Å². The molecule has 6 nitrogen and oxygen atoms in total. The molecule has 0 radical (unpaired) electrons. The van der Waals surface area contributed by atoms with Crippen molar-refractivity contribution in [2.75, 3.05) is 39.4 Å². The maximum Gasteiger partial charge on any atom is 0.244 e. The molecule has 1 saturated heterocycles. The smallest absolute Gasteiger partial charge is 0.244 e. The van der Waals surface area contributed by atoms with Crippen LogP contribution >= 0.6 is 24.0 Å². The number of amides is 1. The predicted molar refractivity (Wildman–Crippen MR) is 77.6 cm³/mol. The van der Waals surface area contributed by atoms with Crippen molar-refractivity contribution in [2.45, 2.75) is 13.3 Å². The Kier molecular flexibility index (Phi) is 9.14. The van der Waals surface area contributed by atoms with Gasteiger partial charge < -0.3 is 20.7 Å². The van der Waals surface area contributed by atoms with Gasteiger partial charge >= 0.3 is 0 Å². The summed E-state index contributed by atoms with van der Waals surface area (Å²) < 4.78 is 5.16. The highest BCUT2D eigenvalue weighted by molar-refractivity contribution is 14.0. The first kappa shape index (κ1) is 16.4. The molecular weight excluding hydrogens is 335 g/mol. The normalized spacial score (nSPS) is 16.3. The highest BCUT2D eigenvalue weighted by Gasteiger charge is 2.15. The molecule has 0 unspecified atom stereocenters. The zero-order chi connectivity index (χ0) is 11.8. The molecule has 100 valence electrons. The number of nitrogens with two attached hydrogens (primary N) is 1. The molecule has 0 spiro atoms. The number of hydrogen-bond acceptors (Lipinski definition) is 3. The molecule has 7 heteroatoms. The fourth-order valence-electron chi connectivity index (χ4n) is 1.37. The Balaban J connectivity index is 0.00000256. The third-order valence-electron chi connectivity index (χ3n) is 2.30. The molecule has 0 aromatic heterocycles. The number of carbonyl (C=O) groups is 1. The second-order valence-corrected chi connectivity index (χ2v) is 3.62. The topological polar surface area (TPSA) is 79.9 Å². The van der Waals surface area contributed by atoms with Crippen molar-refractivity contribution in [2.24, 2.45) is 10.7 Å². The summed E-state index contributed by atoms with van der Waals surface area (Å²) in [5.41, 5.74) is 5.58. The monoisotopic (exact) mass is 356 g/mol. The molecule has 1 fully saturated rings. The lowest BCUT2D eigenvalue weighted by atomic mass is 10.4. The maximum atomic E-state index is 11.7. The van der Waals surface area contributed by atoms with E-state index in [-0.39, 0.29) is 36.4 Å². The molecule has 0 saturated carbocycles. The SMILES string of the molecule is CCCNC(N)=NCC(=O)N1CCOCC1.I. The van der Waals surface area contributed by atoms with Gasteiger partial charge in [-0.15, -0.1) is 24.0 Å². The molecule has 1 heterocycles. The lowest BCUT2D eigenvalue weighted by Crippen LogP contribution is -2.42. The second-order valence-electron chi connectivity index (χ2n) is 3.62. The summed E-state index contributed by atoms with van der Waals surface area (Å²) in [4.78, 5) is 17.4. The van der Waals surface area contributed by atoms with Crippen LogP contribution in [0.4, 0.5) is 0 Å². The summed E-state index contributed by atoms with van der Waals surface area (Å²) in [6, 6.07) is 0. The molecule has 0 aromatic carbocycles. The van der Waals surface area contributed by atoms with E-state index in [0.29, 0.717) is 32.3 Å². The molecule has 0 aromatic rings. The minimum atomic E-state index is 0. The fourth-order valence-corrected chi connectivity index (χ4v) is 1.37. The predicted octanol–water partition coefficient (Wildman–Crippen LogP) is -0.222. The first-order valence-electron chi connectivity index (χ1n) is 5.63. The molecule has 1 amide bonds. The Bertz CT molecular complexity index is 255. The molecule has 1 rings (SSSR count). The fraction of sp³-hybridized carbons (Fsp3) is 0.800. The van der Waals surface area contributed by atoms with Crippen molar-refractivity contribution >= 4 is 35.8 Å². The minimum Gasteiger partial charge on any atom is -0.378 e. The first-order chi connectivity index (χ1) is 7.74. The van der Waals surface area contributed by atoms with Crippen molar-refractivity contribution in [1.29, 1.82) is 0 Å². The lowest BCUT2D eigenvalue weighted by molar-refractivity contribution is -0.133. The number of morpholine rings is 1. The number of halogens is 1. The van der Waals surface area contributed by atoms with Gasteiger partial charge in [-0.3, -0.25) is 4.79 Å². The number of ether oxygens (including phenoxy) is 1. The highest BCUT2D eigenvalue weighted by atomic mass is 127. The van der Waals surface area contributed by atoms with E-state index in [1.165, 1.54) is 0 Å². The Hall–Kier alpha value is -0.570. The van der Waals surface area contributed by atoms with Crippen LogP contribution in [0.3, 0.4) is 0 Å². The first-order valence-corrected chi connectivity index (χ1v) is 5.63. The van der Waals surface area contributed by atoms with E-state index in [9.17, 15) is 4.79 Å². The number of nitrogens with one attached hydrogen (secondary N) is 1. The Morgan fingerprint density at radius 2 is 2.12 bits per heavy atom. The van der Waals surface area contributed by atoms with Gasteiger partial charge in [0.05, 0.1) is 13.2 Å². The summed E-state index contributed by atoms with van der Waals surface area (Å²) in [5.74, 6) is 0.341. The molecule has 0 bridgehead atoms. The van der Waals surface area contributed by atoms with Crippen molar-refractivity contribution in [1.82, 2.24) is 10.2 Å². The van der Waals surface area contributed by atoms with Crippen LogP contribution in [0.25, 0.3) is 0 Å². The Labute approximate surface area is 119 Å². The highest BCUT2D eigenvalue weighted by Crippen LogP contribution is 1.97. The van der Waals surface area contributed by atoms with E-state index in [2.05, 4.69) is 10.3 Å². The van der Waals surface area contributed by atoms with E-state index in [1.807, 2.05) is 6.92 Å². The quantitative estimate of drug-likeness (QED) is 0.415. The maximum absolute atomic E-state index is 11.7. The van der Waals surface area contributed by atoms with Gasteiger partial charge in [-0.2, -0.15) is 0 Å². The Morgan fingerprint density at radius 3 is 2.71 bits per heavy atom. The van der Waals surface area contributed by atoms with Crippen molar-refractivity contribution in [3.05, 3.63) is 0 Å². The third kappa shape index (κ3) is 6.67. The van der Waals surface area contributed by atoms with Gasteiger partial charge in [0.25, 0.3) is 0 Å². The summed E-state index contributed by atoms with van der Waals surface area (Å²) in [6.07, 6.45) is 0.980. The van der Waals surface area contributed by atoms with Gasteiger partial charge in [-0.25, -0.2) is 4.99 Å². The number of nitrogens with zero attached hydrogens (tertiary/aromatic N) is 2. The van der Waals surface area contributed by atoms with E-state index >= 15 is 0 Å². The van der Waals surface area contributed by atoms with E-state index in [4.69, 9.17) is 10.5 Å². The van der Waals surface area contributed by atoms with Crippen LogP contribution in [0.5, 0.6) is 0 Å².